The maximum atomic E-state index is 12.3. The second-order valence-corrected chi connectivity index (χ2v) is 20.3. The number of hydrogen-bond acceptors (Lipinski definition) is 14. The Balaban J connectivity index is 1.41. The fraction of sp³-hybridized carbons (Fsp3) is 0.477. The first-order valence-electron chi connectivity index (χ1n) is 20.8. The maximum Gasteiger partial charge on any atom is 0.335 e. The Kier molecular flexibility index (Phi) is 16.9. The molecule has 65 heavy (non-hydrogen) atoms. The summed E-state index contributed by atoms with van der Waals surface area (Å²) in [7, 11) is -5.94. The highest BCUT2D eigenvalue weighted by molar-refractivity contribution is 7.86. The third-order valence-corrected chi connectivity index (χ3v) is 14.7. The van der Waals surface area contributed by atoms with Crippen LogP contribution >= 0.6 is 0 Å². The highest BCUT2D eigenvalue weighted by atomic mass is 32.2. The van der Waals surface area contributed by atoms with Gasteiger partial charge >= 0.3 is 5.97 Å². The van der Waals surface area contributed by atoms with Gasteiger partial charge in [0.15, 0.2) is 11.1 Å². The lowest BCUT2D eigenvalue weighted by atomic mass is 9.67. The summed E-state index contributed by atoms with van der Waals surface area (Å²) >= 11 is -2.04. The molecule has 2 aromatic rings. The van der Waals surface area contributed by atoms with E-state index in [-0.39, 0.29) is 54.6 Å². The molecule has 2 aromatic carbocycles. The van der Waals surface area contributed by atoms with E-state index in [1.54, 1.807) is 32.4 Å². The Morgan fingerprint density at radius 1 is 0.785 bits per heavy atom. The second kappa shape index (κ2) is 21.4. The number of carbonyl (C=O) groups excluding carboxylic acids is 3. The largest absolute Gasteiger partial charge is 0.385 e. The monoisotopic (exact) mass is 963 g/mol. The van der Waals surface area contributed by atoms with E-state index in [1.165, 1.54) is 24.3 Å². The van der Waals surface area contributed by atoms with Crippen LogP contribution in [0, 0.1) is 0 Å². The van der Waals surface area contributed by atoms with Crippen molar-refractivity contribution in [3.8, 4) is 0 Å². The Morgan fingerprint density at radius 2 is 1.38 bits per heavy atom. The van der Waals surface area contributed by atoms with E-state index >= 15 is 0 Å². The summed E-state index contributed by atoms with van der Waals surface area (Å²) in [6.45, 7) is 7.31. The van der Waals surface area contributed by atoms with Gasteiger partial charge in [0.1, 0.15) is 0 Å². The van der Waals surface area contributed by atoms with Crippen LogP contribution in [-0.4, -0.2) is 123 Å². The summed E-state index contributed by atoms with van der Waals surface area (Å²) in [6.07, 6.45) is 13.9. The number of benzene rings is 2. The number of imide groups is 1. The van der Waals surface area contributed by atoms with E-state index in [0.717, 1.165) is 11.4 Å². The number of hydroxylamine groups is 2. The van der Waals surface area contributed by atoms with E-state index in [0.29, 0.717) is 60.9 Å². The van der Waals surface area contributed by atoms with E-state index in [9.17, 15) is 49.1 Å². The number of amides is 2. The van der Waals surface area contributed by atoms with Crippen LogP contribution in [0.1, 0.15) is 70.4 Å². The molecule has 1 saturated heterocycles. The maximum absolute atomic E-state index is 12.3. The molecular formula is C44H57N3O15S3. The predicted octanol–water partition coefficient (Wildman–Crippen LogP) is 5.05. The summed E-state index contributed by atoms with van der Waals surface area (Å²) in [4.78, 5) is 44.4. The van der Waals surface area contributed by atoms with Crippen LogP contribution in [0.3, 0.4) is 0 Å². The molecule has 3 aliphatic heterocycles. The van der Waals surface area contributed by atoms with Gasteiger partial charge in [-0.15, -0.1) is 5.06 Å². The molecule has 4 atom stereocenters. The molecule has 0 radical (unpaired) electrons. The Bertz CT molecular complexity index is 2470. The van der Waals surface area contributed by atoms with E-state index in [2.05, 4.69) is 4.90 Å². The molecule has 18 nitrogen and oxygen atoms in total. The van der Waals surface area contributed by atoms with Gasteiger partial charge in [-0.1, -0.05) is 43.4 Å². The lowest BCUT2D eigenvalue weighted by molar-refractivity contribution is -0.198. The standard InChI is InChI=1S/C44H57N3O15S3/c1-42(22-26-59-4)34-30-32(64(53,54)55)13-15-36(34)45(23-28-61-25-19-41(50)62-47-39(48)17-18-40(47)49)38(42)12-9-7-6-8-10-21-44(3)43(2,20-11-29-63(51)52)35-31-33(65(56,57)58)14-16-37(35)46(44)24-27-60-5/h6-10,12-16,21,30-31H,11,17-20,22-29H2,1-5H3,(H,51,52)(H,53,54,55)(H,56,57,58)/b8-6+,9-7+,21-10+,38-12+. The molecule has 0 bridgehead atoms. The van der Waals surface area contributed by atoms with E-state index in [4.69, 9.17) is 19.0 Å². The quantitative estimate of drug-likeness (QED) is 0.0434. The average molecular weight is 964 g/mol. The van der Waals surface area contributed by atoms with Gasteiger partial charge in [-0.3, -0.25) is 18.7 Å². The van der Waals surface area contributed by atoms with Crippen LogP contribution in [0.5, 0.6) is 0 Å². The molecule has 3 aliphatic rings. The predicted molar refractivity (Wildman–Crippen MR) is 242 cm³/mol. The van der Waals surface area contributed by atoms with Crippen molar-refractivity contribution in [3.05, 3.63) is 95.8 Å². The topological polar surface area (TPSA) is 244 Å². The number of carbonyl (C=O) groups is 3. The first kappa shape index (κ1) is 51.4. The number of rotatable bonds is 23. The molecule has 4 unspecified atom stereocenters. The number of allylic oxidation sites excluding steroid dienone is 7. The van der Waals surface area contributed by atoms with Crippen LogP contribution in [0.4, 0.5) is 11.4 Å². The zero-order valence-electron chi connectivity index (χ0n) is 37.0. The van der Waals surface area contributed by atoms with Gasteiger partial charge in [-0.25, -0.2) is 9.00 Å². The molecule has 21 heteroatoms. The van der Waals surface area contributed by atoms with E-state index in [1.807, 2.05) is 62.1 Å². The number of methoxy groups -OCH3 is 2. The lowest BCUT2D eigenvalue weighted by Gasteiger charge is -2.45. The zero-order valence-corrected chi connectivity index (χ0v) is 39.5. The normalized spacial score (nSPS) is 23.5. The molecule has 1 fully saturated rings. The number of anilines is 2. The summed E-state index contributed by atoms with van der Waals surface area (Å²) in [5, 5.41) is 0.477. The van der Waals surface area contributed by atoms with Crippen molar-refractivity contribution in [1.29, 1.82) is 0 Å². The second-order valence-electron chi connectivity index (χ2n) is 16.4. The fourth-order valence-corrected chi connectivity index (χ4v) is 10.1. The molecule has 0 aromatic heterocycles. The molecule has 0 spiro atoms. The molecule has 5 rings (SSSR count). The van der Waals surface area contributed by atoms with Crippen LogP contribution in [0.2, 0.25) is 0 Å². The lowest BCUT2D eigenvalue weighted by Crippen LogP contribution is -2.54. The number of nitrogens with zero attached hydrogens (tertiary/aromatic N) is 3. The van der Waals surface area contributed by atoms with Crippen LogP contribution in [-0.2, 0) is 75.6 Å². The number of hydrogen-bond donors (Lipinski definition) is 3. The van der Waals surface area contributed by atoms with Gasteiger partial charge in [0.05, 0.1) is 41.6 Å². The number of fused-ring (bicyclic) bond motifs is 2. The van der Waals surface area contributed by atoms with Crippen molar-refractivity contribution < 1.29 is 68.1 Å². The van der Waals surface area contributed by atoms with Crippen molar-refractivity contribution in [1.82, 2.24) is 5.06 Å². The first-order chi connectivity index (χ1) is 30.6. The Hall–Kier alpha value is -4.58. The minimum absolute atomic E-state index is 0.0201. The molecule has 3 N–H and O–H groups in total. The first-order valence-corrected chi connectivity index (χ1v) is 25.0. The van der Waals surface area contributed by atoms with Gasteiger partial charge in [0.25, 0.3) is 32.1 Å². The summed E-state index contributed by atoms with van der Waals surface area (Å²) in [5.41, 5.74) is 1.08. The molecule has 356 valence electrons. The Labute approximate surface area is 382 Å². The summed E-state index contributed by atoms with van der Waals surface area (Å²) in [5.74, 6) is -1.95. The third kappa shape index (κ3) is 11.5. The minimum atomic E-state index is -4.54. The van der Waals surface area contributed by atoms with Gasteiger partial charge in [0.2, 0.25) is 0 Å². The highest BCUT2D eigenvalue weighted by Gasteiger charge is 2.54. The SMILES string of the molecule is COCCN1c2ccc(S(=O)(=O)O)cc2C(C)(CCCS(=O)O)C1(C)/C=C/C=C/C=C/C=C1/N(CCOCCC(=O)ON2C(=O)CCC2=O)c2ccc(S(=O)(=O)O)cc2C1(C)CCOC. The van der Waals surface area contributed by atoms with Gasteiger partial charge in [-0.2, -0.15) is 16.8 Å². The molecule has 3 heterocycles. The van der Waals surface area contributed by atoms with Crippen molar-refractivity contribution in [2.45, 2.75) is 85.5 Å². The molecule has 2 amide bonds. The van der Waals surface area contributed by atoms with Crippen molar-refractivity contribution in [2.75, 3.05) is 69.3 Å². The van der Waals surface area contributed by atoms with Crippen molar-refractivity contribution in [2.24, 2.45) is 0 Å². The molecular weight excluding hydrogens is 907 g/mol. The van der Waals surface area contributed by atoms with Crippen molar-refractivity contribution in [3.63, 3.8) is 0 Å². The van der Waals surface area contributed by atoms with Gasteiger partial charge in [-0.05, 0) is 86.7 Å². The fourth-order valence-electron chi connectivity index (χ4n) is 8.72. The smallest absolute Gasteiger partial charge is 0.335 e. The Morgan fingerprint density at radius 3 is 2.00 bits per heavy atom. The van der Waals surface area contributed by atoms with Crippen LogP contribution in [0.25, 0.3) is 0 Å². The molecule has 0 aliphatic carbocycles. The van der Waals surface area contributed by atoms with Gasteiger partial charge < -0.3 is 33.4 Å². The van der Waals surface area contributed by atoms with Crippen LogP contribution in [0.15, 0.2) is 94.4 Å². The number of ether oxygens (including phenoxy) is 3. The third-order valence-electron chi connectivity index (χ3n) is 12.4. The summed E-state index contributed by atoms with van der Waals surface area (Å²) < 4.78 is 107. The molecule has 0 saturated carbocycles. The van der Waals surface area contributed by atoms with E-state index < -0.39 is 65.5 Å². The summed E-state index contributed by atoms with van der Waals surface area (Å²) in [6, 6.07) is 8.84. The minimum Gasteiger partial charge on any atom is -0.385 e. The average Bonchev–Trinajstić information content (AvgIpc) is 3.75. The van der Waals surface area contributed by atoms with Gasteiger partial charge in [0, 0.05) is 80.4 Å². The zero-order chi connectivity index (χ0) is 47.8. The van der Waals surface area contributed by atoms with Crippen LogP contribution < -0.4 is 9.80 Å². The highest BCUT2D eigenvalue weighted by Crippen LogP contribution is 2.55. The van der Waals surface area contributed by atoms with Crippen molar-refractivity contribution >= 4 is 60.5 Å².